The molecule has 1 saturated heterocycles. The highest BCUT2D eigenvalue weighted by molar-refractivity contribution is 5.91. The first-order valence-corrected chi connectivity index (χ1v) is 10.3. The van der Waals surface area contributed by atoms with Crippen LogP contribution in [0.25, 0.3) is 0 Å². The first-order chi connectivity index (χ1) is 15.2. The van der Waals surface area contributed by atoms with Crippen LogP contribution in [0.3, 0.4) is 0 Å². The summed E-state index contributed by atoms with van der Waals surface area (Å²) in [6.45, 7) is 4.28. The second-order valence-electron chi connectivity index (χ2n) is 7.56. The van der Waals surface area contributed by atoms with E-state index >= 15 is 0 Å². The molecule has 1 amide bonds. The summed E-state index contributed by atoms with van der Waals surface area (Å²) >= 11 is 0. The Morgan fingerprint density at radius 2 is 1.74 bits per heavy atom. The summed E-state index contributed by atoms with van der Waals surface area (Å²) in [5.41, 5.74) is 2.19. The molecule has 0 radical (unpaired) electrons. The predicted molar refractivity (Wildman–Crippen MR) is 111 cm³/mol. The van der Waals surface area contributed by atoms with Crippen molar-refractivity contribution in [1.29, 1.82) is 0 Å². The average Bonchev–Trinajstić information content (AvgIpc) is 3.48. The van der Waals surface area contributed by atoms with E-state index in [1.54, 1.807) is 11.0 Å². The Balaban J connectivity index is 1.12. The van der Waals surface area contributed by atoms with Gasteiger partial charge in [0.15, 0.2) is 11.5 Å². The van der Waals surface area contributed by atoms with Gasteiger partial charge in [0.2, 0.25) is 12.6 Å². The number of benzene rings is 2. The molecule has 0 atom stereocenters. The lowest BCUT2D eigenvalue weighted by Crippen LogP contribution is -2.48. The minimum absolute atomic E-state index is 0.162. The van der Waals surface area contributed by atoms with Crippen LogP contribution >= 0.6 is 0 Å². The molecule has 3 aromatic rings. The molecule has 2 aliphatic rings. The Hall–Kier alpha value is -3.52. The Morgan fingerprint density at radius 1 is 0.935 bits per heavy atom. The van der Waals surface area contributed by atoms with E-state index < -0.39 is 0 Å². The van der Waals surface area contributed by atoms with Gasteiger partial charge in [0, 0.05) is 32.7 Å². The van der Waals surface area contributed by atoms with E-state index in [2.05, 4.69) is 16.1 Å². The highest BCUT2D eigenvalue weighted by Gasteiger charge is 2.25. The third kappa shape index (κ3) is 4.49. The largest absolute Gasteiger partial charge is 0.471 e. The molecule has 1 fully saturated rings. The Kier molecular flexibility index (Phi) is 5.45. The van der Waals surface area contributed by atoms with Crippen molar-refractivity contribution in [2.24, 2.45) is 0 Å². The molecule has 0 unspecified atom stereocenters. The molecule has 2 aliphatic heterocycles. The zero-order chi connectivity index (χ0) is 21.0. The van der Waals surface area contributed by atoms with Crippen molar-refractivity contribution < 1.29 is 23.5 Å². The van der Waals surface area contributed by atoms with Crippen LogP contribution < -0.4 is 14.2 Å². The number of amides is 1. The van der Waals surface area contributed by atoms with E-state index in [4.69, 9.17) is 18.7 Å². The number of aromatic nitrogens is 1. The molecule has 2 aromatic carbocycles. The highest BCUT2D eigenvalue weighted by Crippen LogP contribution is 2.32. The number of hydrogen-bond donors (Lipinski definition) is 0. The van der Waals surface area contributed by atoms with Gasteiger partial charge in [-0.05, 0) is 28.4 Å². The van der Waals surface area contributed by atoms with Gasteiger partial charge in [0.05, 0.1) is 6.07 Å². The van der Waals surface area contributed by atoms with Crippen LogP contribution in [0.5, 0.6) is 17.4 Å². The average molecular weight is 421 g/mol. The third-order valence-corrected chi connectivity index (χ3v) is 5.43. The van der Waals surface area contributed by atoms with Crippen molar-refractivity contribution in [2.75, 3.05) is 33.0 Å². The van der Waals surface area contributed by atoms with Crippen molar-refractivity contribution in [1.82, 2.24) is 15.0 Å². The molecule has 0 saturated carbocycles. The molecular weight excluding hydrogens is 398 g/mol. The second-order valence-corrected chi connectivity index (χ2v) is 7.56. The quantitative estimate of drug-likeness (QED) is 0.606. The maximum absolute atomic E-state index is 12.8. The lowest BCUT2D eigenvalue weighted by molar-refractivity contribution is 0.0588. The number of carbonyl (C=O) groups is 1. The van der Waals surface area contributed by atoms with Crippen molar-refractivity contribution in [3.63, 3.8) is 0 Å². The van der Waals surface area contributed by atoms with Crippen molar-refractivity contribution >= 4 is 5.91 Å². The van der Waals surface area contributed by atoms with Crippen LogP contribution in [-0.2, 0) is 13.2 Å². The van der Waals surface area contributed by atoms with Gasteiger partial charge in [-0.3, -0.25) is 9.69 Å². The molecule has 31 heavy (non-hydrogen) atoms. The summed E-state index contributed by atoms with van der Waals surface area (Å²) in [6, 6.07) is 17.4. The normalized spacial score (nSPS) is 15.8. The predicted octanol–water partition coefficient (Wildman–Crippen LogP) is 2.94. The molecule has 0 N–H and O–H groups in total. The minimum atomic E-state index is -0.162. The summed E-state index contributed by atoms with van der Waals surface area (Å²) in [5, 5.41) is 3.87. The van der Waals surface area contributed by atoms with Crippen LogP contribution in [0.2, 0.25) is 0 Å². The first kappa shape index (κ1) is 19.4. The minimum Gasteiger partial charge on any atom is -0.471 e. The maximum Gasteiger partial charge on any atom is 0.292 e. The van der Waals surface area contributed by atoms with Crippen molar-refractivity contribution in [3.05, 3.63) is 71.5 Å². The molecule has 160 valence electrons. The number of hydrogen-bond acceptors (Lipinski definition) is 7. The van der Waals surface area contributed by atoms with E-state index in [1.807, 2.05) is 42.5 Å². The Morgan fingerprint density at radius 3 is 2.58 bits per heavy atom. The topological polar surface area (TPSA) is 77.3 Å². The molecule has 0 spiro atoms. The van der Waals surface area contributed by atoms with Crippen LogP contribution in [0.15, 0.2) is 59.1 Å². The Bertz CT molecular complexity index is 1040. The lowest BCUT2D eigenvalue weighted by atomic mass is 10.1. The van der Waals surface area contributed by atoms with Gasteiger partial charge in [-0.25, -0.2) is 0 Å². The number of nitrogens with zero attached hydrogens (tertiary/aromatic N) is 3. The molecule has 5 rings (SSSR count). The third-order valence-electron chi connectivity index (χ3n) is 5.43. The lowest BCUT2D eigenvalue weighted by Gasteiger charge is -2.34. The van der Waals surface area contributed by atoms with Gasteiger partial charge >= 0.3 is 0 Å². The van der Waals surface area contributed by atoms with Gasteiger partial charge in [-0.15, -0.1) is 0 Å². The SMILES string of the molecule is O=C(c1cc(OCc2ccccc2)no1)N1CCN(Cc2ccc3c(c2)OCO3)CC1. The number of fused-ring (bicyclic) bond motifs is 1. The van der Waals surface area contributed by atoms with Crippen molar-refractivity contribution in [3.8, 4) is 17.4 Å². The van der Waals surface area contributed by atoms with Gasteiger partial charge in [0.1, 0.15) is 6.61 Å². The molecule has 0 aliphatic carbocycles. The fourth-order valence-electron chi connectivity index (χ4n) is 3.72. The number of rotatable bonds is 6. The van der Waals surface area contributed by atoms with Gasteiger partial charge in [0.25, 0.3) is 11.8 Å². The second kappa shape index (κ2) is 8.69. The van der Waals surface area contributed by atoms with Crippen molar-refractivity contribution in [2.45, 2.75) is 13.2 Å². The van der Waals surface area contributed by atoms with E-state index in [9.17, 15) is 4.79 Å². The van der Waals surface area contributed by atoms with Gasteiger partial charge < -0.3 is 23.6 Å². The molecule has 8 heteroatoms. The zero-order valence-corrected chi connectivity index (χ0v) is 17.0. The molecule has 0 bridgehead atoms. The summed E-state index contributed by atoms with van der Waals surface area (Å²) in [5.74, 6) is 1.94. The highest BCUT2D eigenvalue weighted by atomic mass is 16.7. The zero-order valence-electron chi connectivity index (χ0n) is 17.0. The summed E-state index contributed by atoms with van der Waals surface area (Å²) in [6.07, 6.45) is 0. The van der Waals surface area contributed by atoms with E-state index in [1.165, 1.54) is 5.56 Å². The molecule has 3 heterocycles. The molecule has 1 aromatic heterocycles. The fourth-order valence-corrected chi connectivity index (χ4v) is 3.72. The van der Waals surface area contributed by atoms with Crippen LogP contribution in [-0.4, -0.2) is 53.8 Å². The van der Waals surface area contributed by atoms with E-state index in [0.717, 1.165) is 36.7 Å². The maximum atomic E-state index is 12.8. The van der Waals surface area contributed by atoms with Crippen LogP contribution in [0, 0.1) is 0 Å². The van der Waals surface area contributed by atoms with Gasteiger partial charge in [-0.2, -0.15) is 0 Å². The smallest absolute Gasteiger partial charge is 0.292 e. The number of carbonyl (C=O) groups excluding carboxylic acids is 1. The van der Waals surface area contributed by atoms with Crippen LogP contribution in [0.1, 0.15) is 21.7 Å². The monoisotopic (exact) mass is 421 g/mol. The fraction of sp³-hybridized carbons (Fsp3) is 0.304. The van der Waals surface area contributed by atoms with Gasteiger partial charge in [-0.1, -0.05) is 36.4 Å². The van der Waals surface area contributed by atoms with E-state index in [0.29, 0.717) is 25.6 Å². The Labute approximate surface area is 179 Å². The van der Waals surface area contributed by atoms with E-state index in [-0.39, 0.29) is 18.5 Å². The summed E-state index contributed by atoms with van der Waals surface area (Å²) in [4.78, 5) is 16.9. The summed E-state index contributed by atoms with van der Waals surface area (Å²) < 4.78 is 21.7. The standard InChI is InChI=1S/C23H23N3O5/c27-23(21-13-22(24-31-21)28-15-17-4-2-1-3-5-17)26-10-8-25(9-11-26)14-18-6-7-19-20(12-18)30-16-29-19/h1-7,12-13H,8-11,14-16H2. The summed E-state index contributed by atoms with van der Waals surface area (Å²) in [7, 11) is 0. The number of ether oxygens (including phenoxy) is 3. The first-order valence-electron chi connectivity index (χ1n) is 10.3. The van der Waals surface area contributed by atoms with Crippen LogP contribution in [0.4, 0.5) is 0 Å². The number of piperazine rings is 1. The molecular formula is C23H23N3O5. The molecule has 8 nitrogen and oxygen atoms in total.